The van der Waals surface area contributed by atoms with E-state index in [1.54, 1.807) is 0 Å². The molecule has 156 valence electrons. The summed E-state index contributed by atoms with van der Waals surface area (Å²) in [5.74, 6) is 1.52. The third-order valence-electron chi connectivity index (χ3n) is 7.62. The van der Waals surface area contributed by atoms with Gasteiger partial charge in [-0.15, -0.1) is 0 Å². The maximum atomic E-state index is 12.1. The first-order valence-corrected chi connectivity index (χ1v) is 13.1. The van der Waals surface area contributed by atoms with Crippen LogP contribution in [-0.2, 0) is 10.1 Å². The lowest BCUT2D eigenvalue weighted by molar-refractivity contribution is 0.402. The van der Waals surface area contributed by atoms with E-state index in [1.165, 1.54) is 113 Å². The Balaban J connectivity index is 1.86. The van der Waals surface area contributed by atoms with E-state index in [2.05, 4.69) is 0 Å². The summed E-state index contributed by atoms with van der Waals surface area (Å²) in [4.78, 5) is 0.146. The topological polar surface area (TPSA) is 54.4 Å². The highest BCUT2D eigenvalue weighted by Gasteiger charge is 2.31. The van der Waals surface area contributed by atoms with Gasteiger partial charge in [0, 0.05) is 0 Å². The largest absolute Gasteiger partial charge is 0.294 e. The van der Waals surface area contributed by atoms with Gasteiger partial charge in [0.2, 0.25) is 0 Å². The minimum absolute atomic E-state index is 0.146. The molecule has 3 aliphatic carbocycles. The Morgan fingerprint density at radius 3 is 1.32 bits per heavy atom. The molecule has 4 rings (SSSR count). The summed E-state index contributed by atoms with van der Waals surface area (Å²) >= 11 is 0. The normalized spacial score (nSPS) is 23.8. The molecular formula is C24H36O3S. The average Bonchev–Trinajstić information content (AvgIpc) is 2.74. The van der Waals surface area contributed by atoms with E-state index in [0.29, 0.717) is 17.8 Å². The fourth-order valence-electron chi connectivity index (χ4n) is 6.18. The van der Waals surface area contributed by atoms with Crippen molar-refractivity contribution in [2.75, 3.05) is 0 Å². The monoisotopic (exact) mass is 404 g/mol. The van der Waals surface area contributed by atoms with Gasteiger partial charge in [-0.1, -0.05) is 57.8 Å². The van der Waals surface area contributed by atoms with Crippen LogP contribution in [0.3, 0.4) is 0 Å². The van der Waals surface area contributed by atoms with Crippen LogP contribution >= 0.6 is 0 Å². The van der Waals surface area contributed by atoms with Gasteiger partial charge in [0.25, 0.3) is 10.1 Å². The molecule has 28 heavy (non-hydrogen) atoms. The van der Waals surface area contributed by atoms with Crippen molar-refractivity contribution in [3.05, 3.63) is 28.8 Å². The van der Waals surface area contributed by atoms with E-state index in [0.717, 1.165) is 0 Å². The van der Waals surface area contributed by atoms with Crippen LogP contribution in [0.1, 0.15) is 131 Å². The van der Waals surface area contributed by atoms with Crippen LogP contribution in [0, 0.1) is 0 Å². The van der Waals surface area contributed by atoms with Gasteiger partial charge in [-0.3, -0.25) is 4.55 Å². The number of hydrogen-bond acceptors (Lipinski definition) is 2. The fraction of sp³-hybridized carbons (Fsp3) is 0.750. The third-order valence-corrected chi connectivity index (χ3v) is 8.45. The van der Waals surface area contributed by atoms with Gasteiger partial charge in [-0.2, -0.15) is 8.42 Å². The van der Waals surface area contributed by atoms with Gasteiger partial charge in [-0.25, -0.2) is 0 Å². The minimum atomic E-state index is -4.17. The lowest BCUT2D eigenvalue weighted by Crippen LogP contribution is -2.18. The van der Waals surface area contributed by atoms with Crippen LogP contribution in [0.25, 0.3) is 0 Å². The van der Waals surface area contributed by atoms with Gasteiger partial charge in [-0.05, 0) is 85.1 Å². The molecule has 0 aromatic heterocycles. The molecule has 0 saturated heterocycles. The first-order valence-electron chi connectivity index (χ1n) is 11.7. The van der Waals surface area contributed by atoms with Gasteiger partial charge in [0.05, 0.1) is 4.90 Å². The predicted molar refractivity (Wildman–Crippen MR) is 114 cm³/mol. The van der Waals surface area contributed by atoms with Crippen molar-refractivity contribution < 1.29 is 13.0 Å². The Morgan fingerprint density at radius 1 is 0.607 bits per heavy atom. The highest BCUT2D eigenvalue weighted by atomic mass is 32.2. The molecule has 1 aromatic rings. The van der Waals surface area contributed by atoms with Gasteiger partial charge < -0.3 is 0 Å². The van der Waals surface area contributed by atoms with Crippen molar-refractivity contribution in [2.24, 2.45) is 0 Å². The van der Waals surface area contributed by atoms with E-state index in [4.69, 9.17) is 0 Å². The summed E-state index contributed by atoms with van der Waals surface area (Å²) in [6, 6.07) is 3.73. The van der Waals surface area contributed by atoms with Crippen LogP contribution in [0.15, 0.2) is 17.0 Å². The van der Waals surface area contributed by atoms with Crippen molar-refractivity contribution in [3.8, 4) is 0 Å². The maximum Gasteiger partial charge on any atom is 0.294 e. The molecule has 3 saturated carbocycles. The van der Waals surface area contributed by atoms with Gasteiger partial charge in [0.15, 0.2) is 0 Å². The Morgan fingerprint density at radius 2 is 0.964 bits per heavy atom. The SMILES string of the molecule is O=S(=O)(O)c1cc(C2CCCCC2)c(C2CCCCC2)c(C2CCCCC2)c1. The first-order chi connectivity index (χ1) is 13.5. The lowest BCUT2D eigenvalue weighted by atomic mass is 9.71. The summed E-state index contributed by atoms with van der Waals surface area (Å²) in [5, 5.41) is 0. The molecule has 1 aromatic carbocycles. The zero-order valence-electron chi connectivity index (χ0n) is 17.2. The number of hydrogen-bond donors (Lipinski definition) is 1. The third kappa shape index (κ3) is 4.48. The Labute approximate surface area is 171 Å². The van der Waals surface area contributed by atoms with E-state index in [1.807, 2.05) is 12.1 Å². The molecule has 0 spiro atoms. The summed E-state index contributed by atoms with van der Waals surface area (Å²) in [6.07, 6.45) is 18.6. The second-order valence-corrected chi connectivity index (χ2v) is 10.9. The van der Waals surface area contributed by atoms with Gasteiger partial charge >= 0.3 is 0 Å². The van der Waals surface area contributed by atoms with E-state index < -0.39 is 10.1 Å². The first kappa shape index (κ1) is 20.4. The van der Waals surface area contributed by atoms with Crippen LogP contribution in [0.2, 0.25) is 0 Å². The number of benzene rings is 1. The molecule has 0 radical (unpaired) electrons. The Kier molecular flexibility index (Phi) is 6.46. The molecule has 1 N–H and O–H groups in total. The second-order valence-electron chi connectivity index (χ2n) is 9.50. The summed E-state index contributed by atoms with van der Waals surface area (Å²) in [5.41, 5.74) is 4.07. The van der Waals surface area contributed by atoms with Crippen LogP contribution in [-0.4, -0.2) is 13.0 Å². The fourth-order valence-corrected chi connectivity index (χ4v) is 6.74. The maximum absolute atomic E-state index is 12.1. The predicted octanol–water partition coefficient (Wildman–Crippen LogP) is 7.08. The van der Waals surface area contributed by atoms with Crippen molar-refractivity contribution >= 4 is 10.1 Å². The molecule has 3 nitrogen and oxygen atoms in total. The van der Waals surface area contributed by atoms with E-state index in [-0.39, 0.29) is 4.90 Å². The molecule has 3 aliphatic rings. The number of rotatable bonds is 4. The molecule has 0 heterocycles. The Bertz CT molecular complexity index is 726. The highest BCUT2D eigenvalue weighted by Crippen LogP contribution is 2.47. The van der Waals surface area contributed by atoms with Crippen molar-refractivity contribution in [1.29, 1.82) is 0 Å². The van der Waals surface area contributed by atoms with Crippen LogP contribution in [0.5, 0.6) is 0 Å². The molecule has 0 atom stereocenters. The van der Waals surface area contributed by atoms with Crippen LogP contribution in [0.4, 0.5) is 0 Å². The van der Waals surface area contributed by atoms with E-state index >= 15 is 0 Å². The lowest BCUT2D eigenvalue weighted by Gasteiger charge is -2.35. The molecule has 4 heteroatoms. The smallest absolute Gasteiger partial charge is 0.282 e. The van der Waals surface area contributed by atoms with Crippen molar-refractivity contribution in [3.63, 3.8) is 0 Å². The molecule has 0 amide bonds. The zero-order valence-corrected chi connectivity index (χ0v) is 18.0. The highest BCUT2D eigenvalue weighted by molar-refractivity contribution is 7.85. The molecule has 3 fully saturated rings. The molecular weight excluding hydrogens is 368 g/mol. The zero-order chi connectivity index (χ0) is 19.6. The van der Waals surface area contributed by atoms with E-state index in [9.17, 15) is 13.0 Å². The van der Waals surface area contributed by atoms with Gasteiger partial charge in [0.1, 0.15) is 0 Å². The minimum Gasteiger partial charge on any atom is -0.282 e. The standard InChI is InChI=1S/C24H36O3S/c25-28(26,27)21-16-22(18-10-4-1-5-11-18)24(20-14-8-3-9-15-20)23(17-21)19-12-6-2-7-13-19/h16-20H,1-15H2,(H,25,26,27). The van der Waals surface area contributed by atoms with Crippen molar-refractivity contribution in [2.45, 2.75) is 119 Å². The quantitative estimate of drug-likeness (QED) is 0.546. The summed E-state index contributed by atoms with van der Waals surface area (Å²) in [7, 11) is -4.17. The summed E-state index contributed by atoms with van der Waals surface area (Å²) in [6.45, 7) is 0. The van der Waals surface area contributed by atoms with Crippen LogP contribution < -0.4 is 0 Å². The van der Waals surface area contributed by atoms with Crippen molar-refractivity contribution in [1.82, 2.24) is 0 Å². The molecule has 0 unspecified atom stereocenters. The Hall–Kier alpha value is -0.870. The average molecular weight is 405 g/mol. The second kappa shape index (κ2) is 8.87. The molecule has 0 aliphatic heterocycles. The molecule has 0 bridgehead atoms. The summed E-state index contributed by atoms with van der Waals surface area (Å²) < 4.78 is 34.2.